The molecule has 20 heavy (non-hydrogen) atoms. The summed E-state index contributed by atoms with van der Waals surface area (Å²) in [6, 6.07) is 7.04. The highest BCUT2D eigenvalue weighted by Gasteiger charge is 2.31. The van der Waals surface area contributed by atoms with Gasteiger partial charge in [-0.05, 0) is 36.8 Å². The van der Waals surface area contributed by atoms with Gasteiger partial charge in [-0.1, -0.05) is 0 Å². The molecule has 0 saturated carbocycles. The lowest BCUT2D eigenvalue weighted by atomic mass is 9.96. The first-order chi connectivity index (χ1) is 9.41. The largest absolute Gasteiger partial charge is 0.416 e. The summed E-state index contributed by atoms with van der Waals surface area (Å²) < 4.78 is 38.0. The molecule has 1 unspecified atom stereocenters. The lowest BCUT2D eigenvalue weighted by Crippen LogP contribution is -2.08. The molecule has 2 aromatic heterocycles. The van der Waals surface area contributed by atoms with Crippen molar-refractivity contribution in [2.24, 2.45) is 0 Å². The average Bonchev–Trinajstić information content (AvgIpc) is 2.39. The maximum atomic E-state index is 12.7. The molecule has 102 valence electrons. The molecule has 2 aromatic rings. The number of halogens is 3. The van der Waals surface area contributed by atoms with E-state index in [9.17, 15) is 18.4 Å². The number of nitrogens with zero attached hydrogens (tertiary/aromatic N) is 3. The van der Waals surface area contributed by atoms with Gasteiger partial charge in [0.15, 0.2) is 0 Å². The van der Waals surface area contributed by atoms with Crippen LogP contribution in [0.15, 0.2) is 36.7 Å². The maximum absolute atomic E-state index is 12.7. The van der Waals surface area contributed by atoms with Gasteiger partial charge in [0.05, 0.1) is 17.3 Å². The summed E-state index contributed by atoms with van der Waals surface area (Å²) in [5.74, 6) is -0.848. The van der Waals surface area contributed by atoms with Crippen molar-refractivity contribution < 1.29 is 13.2 Å². The normalized spacial score (nSPS) is 12.8. The first kappa shape index (κ1) is 14.0. The Balaban J connectivity index is 2.46. The summed E-state index contributed by atoms with van der Waals surface area (Å²) in [6.07, 6.45) is -1.87. The second kappa shape index (κ2) is 5.29. The lowest BCUT2D eigenvalue weighted by molar-refractivity contribution is -0.137. The van der Waals surface area contributed by atoms with Crippen LogP contribution in [0.2, 0.25) is 0 Å². The maximum Gasteiger partial charge on any atom is 0.416 e. The third kappa shape index (κ3) is 2.94. The molecule has 2 rings (SSSR count). The molecule has 6 heteroatoms. The monoisotopic (exact) mass is 277 g/mol. The van der Waals surface area contributed by atoms with Gasteiger partial charge in [-0.25, -0.2) is 0 Å². The van der Waals surface area contributed by atoms with Crippen molar-refractivity contribution in [1.82, 2.24) is 9.97 Å². The molecule has 0 aliphatic rings. The van der Waals surface area contributed by atoms with Gasteiger partial charge < -0.3 is 0 Å². The summed E-state index contributed by atoms with van der Waals surface area (Å²) in [5.41, 5.74) is 0.531. The Bertz CT molecular complexity index is 659. The van der Waals surface area contributed by atoms with Crippen molar-refractivity contribution in [3.63, 3.8) is 0 Å². The van der Waals surface area contributed by atoms with E-state index in [1.54, 1.807) is 19.1 Å². The van der Waals surface area contributed by atoms with E-state index in [1.165, 1.54) is 6.20 Å². The van der Waals surface area contributed by atoms with Crippen molar-refractivity contribution in [2.45, 2.75) is 19.0 Å². The molecule has 0 bridgehead atoms. The molecular weight excluding hydrogens is 267 g/mol. The van der Waals surface area contributed by atoms with Gasteiger partial charge >= 0.3 is 6.18 Å². The fourth-order valence-corrected chi connectivity index (χ4v) is 1.84. The molecule has 0 saturated heterocycles. The van der Waals surface area contributed by atoms with Gasteiger partial charge in [-0.15, -0.1) is 0 Å². The Morgan fingerprint density at radius 2 is 1.85 bits per heavy atom. The van der Waals surface area contributed by atoms with Crippen molar-refractivity contribution in [3.05, 3.63) is 59.2 Å². The zero-order chi connectivity index (χ0) is 14.8. The molecule has 0 fully saturated rings. The minimum absolute atomic E-state index is 0.0768. The van der Waals surface area contributed by atoms with Gasteiger partial charge in [-0.3, -0.25) is 9.97 Å². The van der Waals surface area contributed by atoms with Crippen molar-refractivity contribution in [2.75, 3.05) is 0 Å². The van der Waals surface area contributed by atoms with E-state index in [2.05, 4.69) is 9.97 Å². The van der Waals surface area contributed by atoms with Gasteiger partial charge in [-0.2, -0.15) is 18.4 Å². The predicted octanol–water partition coefficient (Wildman–Crippen LogP) is 3.46. The molecule has 3 nitrogen and oxygen atoms in total. The zero-order valence-corrected chi connectivity index (χ0v) is 10.5. The smallest absolute Gasteiger partial charge is 0.262 e. The van der Waals surface area contributed by atoms with Crippen molar-refractivity contribution >= 4 is 0 Å². The molecule has 0 aromatic carbocycles. The second-order valence-electron chi connectivity index (χ2n) is 4.26. The molecule has 0 radical (unpaired) electrons. The highest BCUT2D eigenvalue weighted by molar-refractivity contribution is 5.36. The van der Waals surface area contributed by atoms with Gasteiger partial charge in [0.25, 0.3) is 0 Å². The predicted molar refractivity (Wildman–Crippen MR) is 65.7 cm³/mol. The van der Waals surface area contributed by atoms with E-state index >= 15 is 0 Å². The second-order valence-corrected chi connectivity index (χ2v) is 4.26. The van der Waals surface area contributed by atoms with E-state index in [0.29, 0.717) is 11.3 Å². The SMILES string of the molecule is Cc1cc(C(C#N)c2cc(C(F)(F)F)ccn2)ccn1. The highest BCUT2D eigenvalue weighted by Crippen LogP contribution is 2.31. The first-order valence-corrected chi connectivity index (χ1v) is 5.77. The van der Waals surface area contributed by atoms with Crippen molar-refractivity contribution in [1.29, 1.82) is 5.26 Å². The van der Waals surface area contributed by atoms with E-state index in [4.69, 9.17) is 0 Å². The first-order valence-electron chi connectivity index (χ1n) is 5.77. The molecule has 0 aliphatic heterocycles. The number of hydrogen-bond acceptors (Lipinski definition) is 3. The lowest BCUT2D eigenvalue weighted by Gasteiger charge is -2.12. The Morgan fingerprint density at radius 1 is 1.15 bits per heavy atom. The molecule has 0 amide bonds. The standard InChI is InChI=1S/C14H10F3N3/c1-9-6-10(2-4-19-9)12(8-18)13-7-11(3-5-20-13)14(15,16)17/h2-7,12H,1H3. The topological polar surface area (TPSA) is 49.6 Å². The Hall–Kier alpha value is -2.42. The van der Waals surface area contributed by atoms with Crippen LogP contribution in [0, 0.1) is 18.3 Å². The quantitative estimate of drug-likeness (QED) is 0.844. The zero-order valence-electron chi connectivity index (χ0n) is 10.5. The Kier molecular flexibility index (Phi) is 3.70. The van der Waals surface area contributed by atoms with Crippen LogP contribution in [0.3, 0.4) is 0 Å². The number of aryl methyl sites for hydroxylation is 1. The minimum Gasteiger partial charge on any atom is -0.262 e. The summed E-state index contributed by atoms with van der Waals surface area (Å²) in [4.78, 5) is 7.88. The van der Waals surface area contributed by atoms with Crippen LogP contribution < -0.4 is 0 Å². The molecular formula is C14H10F3N3. The van der Waals surface area contributed by atoms with Crippen LogP contribution in [0.1, 0.15) is 28.4 Å². The number of pyridine rings is 2. The van der Waals surface area contributed by atoms with E-state index < -0.39 is 17.7 Å². The third-order valence-electron chi connectivity index (χ3n) is 2.79. The summed E-state index contributed by atoms with van der Waals surface area (Å²) in [6.45, 7) is 1.75. The fraction of sp³-hybridized carbons (Fsp3) is 0.214. The van der Waals surface area contributed by atoms with Crippen LogP contribution >= 0.6 is 0 Å². The number of rotatable bonds is 2. The summed E-state index contributed by atoms with van der Waals surface area (Å²) in [5, 5.41) is 9.23. The molecule has 0 N–H and O–H groups in total. The van der Waals surface area contributed by atoms with Crippen LogP contribution in [0.25, 0.3) is 0 Å². The van der Waals surface area contributed by atoms with Crippen LogP contribution in [0.4, 0.5) is 13.2 Å². The van der Waals surface area contributed by atoms with Crippen LogP contribution in [-0.4, -0.2) is 9.97 Å². The van der Waals surface area contributed by atoms with E-state index in [-0.39, 0.29) is 5.69 Å². The molecule has 1 atom stereocenters. The van der Waals surface area contributed by atoms with Gasteiger partial charge in [0, 0.05) is 18.1 Å². The highest BCUT2D eigenvalue weighted by atomic mass is 19.4. The number of nitriles is 1. The summed E-state index contributed by atoms with van der Waals surface area (Å²) in [7, 11) is 0. The van der Waals surface area contributed by atoms with Crippen LogP contribution in [-0.2, 0) is 6.18 Å². The van der Waals surface area contributed by atoms with Gasteiger partial charge in [0.2, 0.25) is 0 Å². The number of alkyl halides is 3. The minimum atomic E-state index is -4.45. The molecule has 0 aliphatic carbocycles. The van der Waals surface area contributed by atoms with Crippen LogP contribution in [0.5, 0.6) is 0 Å². The van der Waals surface area contributed by atoms with E-state index in [0.717, 1.165) is 18.3 Å². The van der Waals surface area contributed by atoms with Crippen molar-refractivity contribution in [3.8, 4) is 6.07 Å². The molecule has 2 heterocycles. The Labute approximate surface area is 113 Å². The summed E-state index contributed by atoms with van der Waals surface area (Å²) >= 11 is 0. The number of aromatic nitrogens is 2. The third-order valence-corrected chi connectivity index (χ3v) is 2.79. The van der Waals surface area contributed by atoms with Gasteiger partial charge in [0.1, 0.15) is 5.92 Å². The fourth-order valence-electron chi connectivity index (χ4n) is 1.84. The van der Waals surface area contributed by atoms with E-state index in [1.807, 2.05) is 6.07 Å². The Morgan fingerprint density at radius 3 is 2.45 bits per heavy atom. The molecule has 0 spiro atoms. The average molecular weight is 277 g/mol. The number of hydrogen-bond donors (Lipinski definition) is 0.